The van der Waals surface area contributed by atoms with Gasteiger partial charge < -0.3 is 5.32 Å². The number of alkyl halides is 3. The Kier molecular flexibility index (Phi) is 1.34. The molecule has 0 unspecified atom stereocenters. The van der Waals surface area contributed by atoms with Crippen molar-refractivity contribution < 1.29 is 20.7 Å². The van der Waals surface area contributed by atoms with Crippen LogP contribution < -0.4 is 5.32 Å². The van der Waals surface area contributed by atoms with Crippen LogP contribution in [0.4, 0.5) is 18.9 Å². The third-order valence-electron chi connectivity index (χ3n) is 1.91. The lowest BCUT2D eigenvalue weighted by Gasteiger charge is -2.09. The van der Waals surface area contributed by atoms with Crippen molar-refractivity contribution in [2.24, 2.45) is 0 Å². The number of benzene rings is 1. The summed E-state index contributed by atoms with van der Waals surface area (Å²) in [5.41, 5.74) is -1.85. The lowest BCUT2D eigenvalue weighted by Crippen LogP contribution is -2.11. The van der Waals surface area contributed by atoms with Gasteiger partial charge in [-0.2, -0.15) is 13.2 Å². The number of fused-ring (bicyclic) bond motifs is 1. The first kappa shape index (κ1) is 6.86. The van der Waals surface area contributed by atoms with Crippen LogP contribution in [-0.2, 0) is 6.18 Å². The second-order valence-electron chi connectivity index (χ2n) is 2.81. The summed E-state index contributed by atoms with van der Waals surface area (Å²) >= 11 is 0. The first-order chi connectivity index (χ1) is 7.23. The molecular weight excluding hydrogens is 195 g/mol. The molecule has 0 aromatic heterocycles. The summed E-state index contributed by atoms with van der Waals surface area (Å²) in [5.74, 6) is -1.18. The predicted octanol–water partition coefficient (Wildman–Crippen LogP) is 2.31. The third-order valence-corrected chi connectivity index (χ3v) is 1.91. The molecule has 1 aliphatic rings. The summed E-state index contributed by atoms with van der Waals surface area (Å²) in [5, 5.41) is 2.12. The van der Waals surface area contributed by atoms with Gasteiger partial charge in [-0.05, 0) is 12.1 Å². The second kappa shape index (κ2) is 2.73. The molecule has 74 valence electrons. The predicted molar refractivity (Wildman–Crippen MR) is 44.3 cm³/mol. The van der Waals surface area contributed by atoms with Crippen LogP contribution in [0.5, 0.6) is 0 Å². The van der Waals surface area contributed by atoms with Gasteiger partial charge in [0.2, 0.25) is 0 Å². The summed E-state index contributed by atoms with van der Waals surface area (Å²) in [6.45, 7) is -2.47. The normalized spacial score (nSPS) is 20.9. The van der Waals surface area contributed by atoms with Crippen LogP contribution in [0.1, 0.15) is 18.7 Å². The van der Waals surface area contributed by atoms with E-state index in [0.29, 0.717) is 0 Å². The first-order valence-electron chi connectivity index (χ1n) is 4.77. The Morgan fingerprint density at radius 1 is 1.43 bits per heavy atom. The van der Waals surface area contributed by atoms with Crippen molar-refractivity contribution in [1.82, 2.24) is 0 Å². The van der Waals surface area contributed by atoms with Crippen molar-refractivity contribution >= 4 is 11.5 Å². The fraction of sp³-hybridized carbons (Fsp3) is 0.222. The van der Waals surface area contributed by atoms with E-state index >= 15 is 0 Å². The zero-order chi connectivity index (χ0) is 12.1. The highest BCUT2D eigenvalue weighted by Gasteiger charge is 2.37. The number of hydrogen-bond donors (Lipinski definition) is 1. The maximum absolute atomic E-state index is 12.6. The summed E-state index contributed by atoms with van der Waals surface area (Å²) in [6.07, 6.45) is -4.66. The number of carbonyl (C=O) groups excluding carboxylic acids is 1. The highest BCUT2D eigenvalue weighted by Crippen LogP contribution is 2.36. The minimum absolute atomic E-state index is 0.121. The number of ketones is 1. The number of hydrogen-bond acceptors (Lipinski definition) is 2. The molecule has 5 heteroatoms. The van der Waals surface area contributed by atoms with Gasteiger partial charge in [0.15, 0.2) is 5.78 Å². The van der Waals surface area contributed by atoms with E-state index in [1.807, 2.05) is 0 Å². The molecule has 0 atom stereocenters. The van der Waals surface area contributed by atoms with E-state index in [9.17, 15) is 18.0 Å². The molecular formula is C9H6F3NO. The zero-order valence-corrected chi connectivity index (χ0v) is 6.77. The summed E-state index contributed by atoms with van der Waals surface area (Å²) in [6, 6.07) is 3.14. The maximum Gasteiger partial charge on any atom is 0.417 e. The first-order valence-corrected chi connectivity index (χ1v) is 3.77. The molecule has 0 saturated heterocycles. The topological polar surface area (TPSA) is 29.1 Å². The molecule has 2 rings (SSSR count). The molecule has 1 aliphatic heterocycles. The molecule has 0 saturated carbocycles. The van der Waals surface area contributed by atoms with Crippen LogP contribution in [0.25, 0.3) is 0 Å². The number of nitrogens with one attached hydrogen (secondary N) is 1. The van der Waals surface area contributed by atoms with Crippen LogP contribution in [0.3, 0.4) is 0 Å². The minimum atomic E-state index is -4.66. The van der Waals surface area contributed by atoms with Gasteiger partial charge in [0.05, 0.1) is 20.4 Å². The zero-order valence-electron chi connectivity index (χ0n) is 8.77. The molecule has 0 amide bonds. The van der Waals surface area contributed by atoms with Gasteiger partial charge in [-0.15, -0.1) is 0 Å². The third kappa shape index (κ3) is 1.25. The average molecular weight is 203 g/mol. The molecule has 0 fully saturated rings. The van der Waals surface area contributed by atoms with E-state index in [4.69, 9.17) is 2.74 Å². The minimum Gasteiger partial charge on any atom is -0.377 e. The lowest BCUT2D eigenvalue weighted by molar-refractivity contribution is -0.137. The van der Waals surface area contributed by atoms with Gasteiger partial charge in [-0.1, -0.05) is 6.07 Å². The molecule has 0 spiro atoms. The number of halogens is 3. The fourth-order valence-corrected chi connectivity index (χ4v) is 1.32. The molecule has 0 aliphatic carbocycles. The number of rotatable bonds is 0. The van der Waals surface area contributed by atoms with E-state index in [-0.39, 0.29) is 5.69 Å². The van der Waals surface area contributed by atoms with Gasteiger partial charge in [0.25, 0.3) is 0 Å². The highest BCUT2D eigenvalue weighted by molar-refractivity contribution is 6.09. The SMILES string of the molecule is [2H]C1([2H])Nc2cccc(C(F)(F)F)c2C1=O. The van der Waals surface area contributed by atoms with Crippen molar-refractivity contribution in [2.75, 3.05) is 11.8 Å². The van der Waals surface area contributed by atoms with Crippen molar-refractivity contribution in [2.45, 2.75) is 6.18 Å². The molecule has 2 nitrogen and oxygen atoms in total. The van der Waals surface area contributed by atoms with Gasteiger partial charge in [0.1, 0.15) is 0 Å². The number of anilines is 1. The van der Waals surface area contributed by atoms with Crippen LogP contribution in [-0.4, -0.2) is 12.3 Å². The number of carbonyl (C=O) groups is 1. The average Bonchev–Trinajstić information content (AvgIpc) is 2.36. The quantitative estimate of drug-likeness (QED) is 0.701. The summed E-state index contributed by atoms with van der Waals surface area (Å²) in [4.78, 5) is 11.4. The van der Waals surface area contributed by atoms with Crippen LogP contribution in [0, 0.1) is 0 Å². The van der Waals surface area contributed by atoms with E-state index in [2.05, 4.69) is 5.32 Å². The molecule has 0 bridgehead atoms. The van der Waals surface area contributed by atoms with Crippen molar-refractivity contribution in [3.8, 4) is 0 Å². The second-order valence-corrected chi connectivity index (χ2v) is 2.81. The Bertz CT molecular complexity index is 470. The van der Waals surface area contributed by atoms with Crippen LogP contribution in [0.2, 0.25) is 0 Å². The molecule has 1 aromatic carbocycles. The molecule has 1 heterocycles. The Hall–Kier alpha value is -1.52. The van der Waals surface area contributed by atoms with E-state index in [1.165, 1.54) is 6.07 Å². The van der Waals surface area contributed by atoms with Crippen molar-refractivity contribution in [3.05, 3.63) is 29.3 Å². The standard InChI is InChI=1S/C9H6F3NO/c10-9(11,12)5-2-1-3-6-8(5)7(14)4-13-6/h1-3,13H,4H2/i4D2. The van der Waals surface area contributed by atoms with E-state index < -0.39 is 29.6 Å². The molecule has 1 aromatic rings. The Morgan fingerprint density at radius 2 is 2.14 bits per heavy atom. The smallest absolute Gasteiger partial charge is 0.377 e. The Balaban J connectivity index is 2.65. The van der Waals surface area contributed by atoms with E-state index in [1.54, 1.807) is 0 Å². The largest absolute Gasteiger partial charge is 0.417 e. The van der Waals surface area contributed by atoms with Crippen LogP contribution >= 0.6 is 0 Å². The van der Waals surface area contributed by atoms with Gasteiger partial charge in [-0.25, -0.2) is 0 Å². The van der Waals surface area contributed by atoms with Gasteiger partial charge in [0, 0.05) is 5.69 Å². The Morgan fingerprint density at radius 3 is 2.79 bits per heavy atom. The molecule has 1 N–H and O–H groups in total. The van der Waals surface area contributed by atoms with Gasteiger partial charge >= 0.3 is 6.18 Å². The number of Topliss-reactive ketones (excluding diaryl/α,β-unsaturated/α-hetero) is 1. The summed E-state index contributed by atoms with van der Waals surface area (Å²) in [7, 11) is 0. The molecule has 14 heavy (non-hydrogen) atoms. The van der Waals surface area contributed by atoms with Gasteiger partial charge in [-0.3, -0.25) is 4.79 Å². The van der Waals surface area contributed by atoms with Crippen molar-refractivity contribution in [3.63, 3.8) is 0 Å². The van der Waals surface area contributed by atoms with Crippen LogP contribution in [0.15, 0.2) is 18.2 Å². The highest BCUT2D eigenvalue weighted by atomic mass is 19.4. The monoisotopic (exact) mass is 203 g/mol. The summed E-state index contributed by atoms with van der Waals surface area (Å²) < 4.78 is 52.1. The van der Waals surface area contributed by atoms with Crippen molar-refractivity contribution in [1.29, 1.82) is 0 Å². The van der Waals surface area contributed by atoms with E-state index in [0.717, 1.165) is 12.1 Å². The molecule has 0 radical (unpaired) electrons. The fourth-order valence-electron chi connectivity index (χ4n) is 1.32. The lowest BCUT2D eigenvalue weighted by atomic mass is 10.0. The maximum atomic E-state index is 12.6. The Labute approximate surface area is 80.5 Å².